The molecule has 0 aliphatic carbocycles. The number of pyridine rings is 1. The molecule has 1 aliphatic rings. The number of hydrogen-bond donors (Lipinski definition) is 1. The van der Waals surface area contributed by atoms with Crippen molar-refractivity contribution in [3.05, 3.63) is 51.6 Å². The summed E-state index contributed by atoms with van der Waals surface area (Å²) < 4.78 is 12.4. The number of benzene rings is 1. The van der Waals surface area contributed by atoms with E-state index in [1.54, 1.807) is 11.8 Å². The largest absolute Gasteiger partial charge is 0.383 e. The summed E-state index contributed by atoms with van der Waals surface area (Å²) >= 11 is 0. The molecule has 1 atom stereocenters. The number of rotatable bonds is 7. The third-order valence-electron chi connectivity index (χ3n) is 5.36. The summed E-state index contributed by atoms with van der Waals surface area (Å²) in [7, 11) is 1.64. The number of nitrogens with zero attached hydrogens (tertiary/aromatic N) is 5. The molecule has 1 N–H and O–H groups in total. The van der Waals surface area contributed by atoms with Crippen LogP contribution < -0.4 is 5.56 Å². The molecule has 3 aromatic rings. The average Bonchev–Trinajstić information content (AvgIpc) is 3.21. The predicted molar refractivity (Wildman–Crippen MR) is 108 cm³/mol. The molecule has 9 nitrogen and oxygen atoms in total. The summed E-state index contributed by atoms with van der Waals surface area (Å²) in [5.74, 6) is 0.639. The van der Waals surface area contributed by atoms with Gasteiger partial charge in [-0.05, 0) is 46.0 Å². The molecule has 0 amide bonds. The van der Waals surface area contributed by atoms with E-state index in [0.29, 0.717) is 50.8 Å². The Morgan fingerprint density at radius 1 is 1.28 bits per heavy atom. The molecule has 1 fully saturated rings. The highest BCUT2D eigenvalue weighted by atomic mass is 16.5. The lowest BCUT2D eigenvalue weighted by atomic mass is 10.0. The molecular weight excluding hydrogens is 372 g/mol. The van der Waals surface area contributed by atoms with Gasteiger partial charge >= 0.3 is 0 Å². The van der Waals surface area contributed by atoms with Gasteiger partial charge in [-0.2, -0.15) is 0 Å². The molecule has 0 spiro atoms. The topological polar surface area (TPSA) is 98.2 Å². The Labute approximate surface area is 168 Å². The number of fused-ring (bicyclic) bond motifs is 1. The number of nitrogens with one attached hydrogen (secondary N) is 1. The van der Waals surface area contributed by atoms with Gasteiger partial charge in [0.15, 0.2) is 5.82 Å². The molecule has 154 valence electrons. The molecule has 3 heterocycles. The number of ether oxygens (including phenoxy) is 2. The molecule has 0 radical (unpaired) electrons. The molecule has 2 aromatic heterocycles. The van der Waals surface area contributed by atoms with Gasteiger partial charge in [0.25, 0.3) is 5.56 Å². The summed E-state index contributed by atoms with van der Waals surface area (Å²) in [5, 5.41) is 13.3. The fraction of sp³-hybridized carbons (Fsp3) is 0.500. The van der Waals surface area contributed by atoms with Crippen molar-refractivity contribution in [1.82, 2.24) is 30.1 Å². The van der Waals surface area contributed by atoms with E-state index in [-0.39, 0.29) is 11.6 Å². The first-order valence-corrected chi connectivity index (χ1v) is 9.94. The molecule has 9 heteroatoms. The minimum atomic E-state index is -0.357. The third-order valence-corrected chi connectivity index (χ3v) is 5.36. The molecule has 0 saturated carbocycles. The summed E-state index contributed by atoms with van der Waals surface area (Å²) in [4.78, 5) is 18.3. The smallest absolute Gasteiger partial charge is 0.253 e. The molecule has 4 rings (SSSR count). The second-order valence-corrected chi connectivity index (χ2v) is 7.13. The van der Waals surface area contributed by atoms with Crippen LogP contribution in [0.2, 0.25) is 0 Å². The van der Waals surface area contributed by atoms with E-state index in [2.05, 4.69) is 38.4 Å². The SMILES string of the molecule is CCc1ccc2[nH]c(=O)c(C(c3nnnn3CCOC)N3CCOCC3)cc2c1. The normalized spacial score (nSPS) is 16.3. The maximum absolute atomic E-state index is 13.1. The summed E-state index contributed by atoms with van der Waals surface area (Å²) in [5.41, 5.74) is 2.57. The van der Waals surface area contributed by atoms with Crippen LogP contribution in [0, 0.1) is 0 Å². The van der Waals surface area contributed by atoms with Crippen LogP contribution in [0.5, 0.6) is 0 Å². The van der Waals surface area contributed by atoms with E-state index < -0.39 is 0 Å². The first kappa shape index (κ1) is 19.7. The van der Waals surface area contributed by atoms with Gasteiger partial charge < -0.3 is 14.5 Å². The Morgan fingerprint density at radius 3 is 2.86 bits per heavy atom. The fourth-order valence-electron chi connectivity index (χ4n) is 3.78. The maximum Gasteiger partial charge on any atom is 0.253 e. The number of aromatic nitrogens is 5. The Morgan fingerprint density at radius 2 is 2.10 bits per heavy atom. The number of hydrogen-bond acceptors (Lipinski definition) is 7. The van der Waals surface area contributed by atoms with Crippen molar-refractivity contribution in [3.63, 3.8) is 0 Å². The second kappa shape index (κ2) is 8.81. The zero-order chi connectivity index (χ0) is 20.2. The summed E-state index contributed by atoms with van der Waals surface area (Å²) in [6.07, 6.45) is 0.937. The number of aryl methyl sites for hydroxylation is 1. The van der Waals surface area contributed by atoms with Crippen LogP contribution in [0.25, 0.3) is 10.9 Å². The number of tetrazole rings is 1. The molecule has 0 bridgehead atoms. The van der Waals surface area contributed by atoms with Gasteiger partial charge in [-0.1, -0.05) is 13.0 Å². The number of aromatic amines is 1. The van der Waals surface area contributed by atoms with Crippen LogP contribution in [-0.2, 0) is 22.4 Å². The second-order valence-electron chi connectivity index (χ2n) is 7.13. The van der Waals surface area contributed by atoms with Gasteiger partial charge in [0.2, 0.25) is 0 Å². The Hall–Kier alpha value is -2.62. The van der Waals surface area contributed by atoms with Gasteiger partial charge in [0, 0.05) is 31.3 Å². The zero-order valence-electron chi connectivity index (χ0n) is 16.8. The highest BCUT2D eigenvalue weighted by Gasteiger charge is 2.31. The van der Waals surface area contributed by atoms with Crippen LogP contribution in [-0.4, -0.2) is 70.1 Å². The minimum absolute atomic E-state index is 0.125. The van der Waals surface area contributed by atoms with E-state index in [0.717, 1.165) is 17.3 Å². The van der Waals surface area contributed by atoms with Crippen LogP contribution in [0.3, 0.4) is 0 Å². The molecular formula is C20H26N6O3. The standard InChI is InChI=1S/C20H26N6O3/c1-3-14-4-5-17-15(12-14)13-16(20(27)21-17)18(25-6-10-29-11-7-25)19-22-23-24-26(19)8-9-28-2/h4-5,12-13,18H,3,6-11H2,1-2H3,(H,21,27). The number of H-pyrrole nitrogens is 1. The van der Waals surface area contributed by atoms with Gasteiger partial charge in [0.05, 0.1) is 26.4 Å². The van der Waals surface area contributed by atoms with Crippen LogP contribution >= 0.6 is 0 Å². The van der Waals surface area contributed by atoms with E-state index in [1.807, 2.05) is 18.2 Å². The Kier molecular flexibility index (Phi) is 5.98. The highest BCUT2D eigenvalue weighted by Crippen LogP contribution is 2.27. The van der Waals surface area contributed by atoms with Crippen molar-refractivity contribution in [3.8, 4) is 0 Å². The van der Waals surface area contributed by atoms with Gasteiger partial charge in [-0.15, -0.1) is 5.10 Å². The molecule has 29 heavy (non-hydrogen) atoms. The first-order valence-electron chi connectivity index (χ1n) is 9.94. The Balaban J connectivity index is 1.83. The van der Waals surface area contributed by atoms with Crippen molar-refractivity contribution < 1.29 is 9.47 Å². The van der Waals surface area contributed by atoms with Crippen molar-refractivity contribution in [2.24, 2.45) is 0 Å². The van der Waals surface area contributed by atoms with E-state index >= 15 is 0 Å². The maximum atomic E-state index is 13.1. The van der Waals surface area contributed by atoms with E-state index in [4.69, 9.17) is 9.47 Å². The lowest BCUT2D eigenvalue weighted by Gasteiger charge is -2.33. The molecule has 1 aliphatic heterocycles. The summed E-state index contributed by atoms with van der Waals surface area (Å²) in [6, 6.07) is 7.75. The van der Waals surface area contributed by atoms with Crippen LogP contribution in [0.1, 0.15) is 29.9 Å². The number of morpholine rings is 1. The lowest BCUT2D eigenvalue weighted by molar-refractivity contribution is 0.0211. The zero-order valence-corrected chi connectivity index (χ0v) is 16.8. The molecule has 1 saturated heterocycles. The van der Waals surface area contributed by atoms with E-state index in [9.17, 15) is 4.79 Å². The monoisotopic (exact) mass is 398 g/mol. The average molecular weight is 398 g/mol. The lowest BCUT2D eigenvalue weighted by Crippen LogP contribution is -2.42. The van der Waals surface area contributed by atoms with Crippen LogP contribution in [0.15, 0.2) is 29.1 Å². The molecule has 1 aromatic carbocycles. The minimum Gasteiger partial charge on any atom is -0.383 e. The Bertz CT molecular complexity index is 1020. The van der Waals surface area contributed by atoms with Gasteiger partial charge in [0.1, 0.15) is 6.04 Å². The van der Waals surface area contributed by atoms with Crippen molar-refractivity contribution in [2.75, 3.05) is 40.0 Å². The van der Waals surface area contributed by atoms with Gasteiger partial charge in [-0.3, -0.25) is 9.69 Å². The van der Waals surface area contributed by atoms with E-state index in [1.165, 1.54) is 5.56 Å². The van der Waals surface area contributed by atoms with Crippen molar-refractivity contribution in [2.45, 2.75) is 25.9 Å². The predicted octanol–water partition coefficient (Wildman–Crippen LogP) is 1.15. The van der Waals surface area contributed by atoms with Crippen molar-refractivity contribution >= 4 is 10.9 Å². The summed E-state index contributed by atoms with van der Waals surface area (Å²) in [6.45, 7) is 5.76. The van der Waals surface area contributed by atoms with Gasteiger partial charge in [-0.25, -0.2) is 4.68 Å². The fourth-order valence-corrected chi connectivity index (χ4v) is 3.78. The number of methoxy groups -OCH3 is 1. The molecule has 1 unspecified atom stereocenters. The van der Waals surface area contributed by atoms with Crippen LogP contribution in [0.4, 0.5) is 0 Å². The quantitative estimate of drug-likeness (QED) is 0.637. The highest BCUT2D eigenvalue weighted by molar-refractivity contribution is 5.80. The van der Waals surface area contributed by atoms with Crippen molar-refractivity contribution in [1.29, 1.82) is 0 Å². The third kappa shape index (κ3) is 4.07. The first-order chi connectivity index (χ1) is 14.2.